The molecule has 0 bridgehead atoms. The fourth-order valence-electron chi connectivity index (χ4n) is 3.21. The number of carbonyl (C=O) groups excluding carboxylic acids is 1. The highest BCUT2D eigenvalue weighted by Crippen LogP contribution is 2.24. The van der Waals surface area contributed by atoms with Crippen LogP contribution in [0.2, 0.25) is 0 Å². The molecule has 1 amide bonds. The normalized spacial score (nSPS) is 20.5. The molecule has 0 saturated heterocycles. The van der Waals surface area contributed by atoms with E-state index in [2.05, 4.69) is 5.32 Å². The maximum Gasteiger partial charge on any atom is 0.251 e. The fourth-order valence-corrected chi connectivity index (χ4v) is 3.82. The van der Waals surface area contributed by atoms with Gasteiger partial charge in [0.25, 0.3) is 5.91 Å². The van der Waals surface area contributed by atoms with Gasteiger partial charge >= 0.3 is 0 Å². The summed E-state index contributed by atoms with van der Waals surface area (Å²) >= 11 is 1.66. The largest absolute Gasteiger partial charge is 0.488 e. The van der Waals surface area contributed by atoms with Gasteiger partial charge in [-0.05, 0) is 54.9 Å². The summed E-state index contributed by atoms with van der Waals surface area (Å²) in [7, 11) is 0. The molecule has 0 aliphatic heterocycles. The van der Waals surface area contributed by atoms with Crippen LogP contribution >= 0.6 is 11.3 Å². The van der Waals surface area contributed by atoms with E-state index in [9.17, 15) is 4.79 Å². The number of carbonyl (C=O) groups is 1. The maximum atomic E-state index is 12.6. The van der Waals surface area contributed by atoms with E-state index < -0.39 is 0 Å². The summed E-state index contributed by atoms with van der Waals surface area (Å²) in [5.74, 6) is 1.07. The summed E-state index contributed by atoms with van der Waals surface area (Å²) in [5.41, 5.74) is 6.49. The van der Waals surface area contributed by atoms with Crippen molar-refractivity contribution >= 4 is 17.2 Å². The maximum absolute atomic E-state index is 12.6. The second-order valence-electron chi connectivity index (χ2n) is 6.26. The molecule has 2 unspecified atom stereocenters. The van der Waals surface area contributed by atoms with Gasteiger partial charge in [-0.2, -0.15) is 0 Å². The van der Waals surface area contributed by atoms with Gasteiger partial charge in [0, 0.05) is 16.5 Å². The topological polar surface area (TPSA) is 64.3 Å². The van der Waals surface area contributed by atoms with Crippen molar-refractivity contribution in [2.45, 2.75) is 38.3 Å². The Morgan fingerprint density at radius 1 is 1.25 bits per heavy atom. The van der Waals surface area contributed by atoms with Gasteiger partial charge in [0.05, 0.1) is 0 Å². The van der Waals surface area contributed by atoms with Gasteiger partial charge in [0.15, 0.2) is 0 Å². The van der Waals surface area contributed by atoms with Crippen molar-refractivity contribution in [2.75, 3.05) is 6.54 Å². The number of thiophene rings is 1. The fraction of sp³-hybridized carbons (Fsp3) is 0.421. The number of nitrogens with one attached hydrogen (secondary N) is 1. The second kappa shape index (κ2) is 8.31. The van der Waals surface area contributed by atoms with E-state index in [4.69, 9.17) is 10.5 Å². The SMILES string of the molecule is NCC1CCCCC1NC(=O)c1cccc(OCc2cccs2)c1. The lowest BCUT2D eigenvalue weighted by Gasteiger charge is -2.31. The average molecular weight is 344 g/mol. The lowest BCUT2D eigenvalue weighted by atomic mass is 9.84. The molecule has 5 heteroatoms. The summed E-state index contributed by atoms with van der Waals surface area (Å²) in [6.45, 7) is 1.16. The van der Waals surface area contributed by atoms with Crippen LogP contribution in [0.15, 0.2) is 41.8 Å². The molecule has 1 aliphatic carbocycles. The number of hydrogen-bond donors (Lipinski definition) is 2. The van der Waals surface area contributed by atoms with E-state index in [0.717, 1.165) is 29.9 Å². The molecular weight excluding hydrogens is 320 g/mol. The van der Waals surface area contributed by atoms with E-state index in [1.807, 2.05) is 41.8 Å². The Kier molecular flexibility index (Phi) is 5.88. The first-order valence-electron chi connectivity index (χ1n) is 8.52. The Hall–Kier alpha value is -1.85. The van der Waals surface area contributed by atoms with Crippen molar-refractivity contribution in [3.05, 3.63) is 52.2 Å². The van der Waals surface area contributed by atoms with Crippen LogP contribution in [0.4, 0.5) is 0 Å². The van der Waals surface area contributed by atoms with Crippen molar-refractivity contribution < 1.29 is 9.53 Å². The molecule has 2 atom stereocenters. The van der Waals surface area contributed by atoms with Gasteiger partial charge in [-0.3, -0.25) is 4.79 Å². The van der Waals surface area contributed by atoms with E-state index in [1.54, 1.807) is 11.3 Å². The van der Waals surface area contributed by atoms with Gasteiger partial charge in [0.1, 0.15) is 12.4 Å². The molecule has 1 aliphatic rings. The molecule has 1 fully saturated rings. The zero-order valence-electron chi connectivity index (χ0n) is 13.7. The lowest BCUT2D eigenvalue weighted by molar-refractivity contribution is 0.0907. The van der Waals surface area contributed by atoms with Gasteiger partial charge in [-0.25, -0.2) is 0 Å². The van der Waals surface area contributed by atoms with Crippen LogP contribution < -0.4 is 15.8 Å². The van der Waals surface area contributed by atoms with Gasteiger partial charge in [-0.1, -0.05) is 25.0 Å². The summed E-state index contributed by atoms with van der Waals surface area (Å²) < 4.78 is 5.78. The van der Waals surface area contributed by atoms with Gasteiger partial charge in [0.2, 0.25) is 0 Å². The molecule has 1 aromatic carbocycles. The summed E-state index contributed by atoms with van der Waals surface area (Å²) in [5, 5.41) is 5.19. The predicted octanol–water partition coefficient (Wildman–Crippen LogP) is 3.57. The first-order valence-corrected chi connectivity index (χ1v) is 9.40. The van der Waals surface area contributed by atoms with Gasteiger partial charge < -0.3 is 15.8 Å². The predicted molar refractivity (Wildman–Crippen MR) is 97.4 cm³/mol. The van der Waals surface area contributed by atoms with Crippen molar-refractivity contribution in [1.82, 2.24) is 5.32 Å². The molecular formula is C19H24N2O2S. The average Bonchev–Trinajstić information content (AvgIpc) is 3.14. The van der Waals surface area contributed by atoms with E-state index in [1.165, 1.54) is 6.42 Å². The Morgan fingerprint density at radius 3 is 2.92 bits per heavy atom. The molecule has 3 N–H and O–H groups in total. The van der Waals surface area contributed by atoms with Crippen molar-refractivity contribution in [3.63, 3.8) is 0 Å². The number of rotatable bonds is 6. The smallest absolute Gasteiger partial charge is 0.251 e. The highest BCUT2D eigenvalue weighted by molar-refractivity contribution is 7.09. The molecule has 1 heterocycles. The number of ether oxygens (including phenoxy) is 1. The van der Waals surface area contributed by atoms with E-state index >= 15 is 0 Å². The van der Waals surface area contributed by atoms with Gasteiger partial charge in [-0.15, -0.1) is 11.3 Å². The molecule has 0 radical (unpaired) electrons. The van der Waals surface area contributed by atoms with Crippen molar-refractivity contribution in [3.8, 4) is 5.75 Å². The number of hydrogen-bond acceptors (Lipinski definition) is 4. The van der Waals surface area contributed by atoms with Crippen LogP contribution in [-0.4, -0.2) is 18.5 Å². The Bertz CT molecular complexity index is 657. The molecule has 128 valence electrons. The van der Waals surface area contributed by atoms with E-state index in [-0.39, 0.29) is 11.9 Å². The minimum Gasteiger partial charge on any atom is -0.488 e. The monoisotopic (exact) mass is 344 g/mol. The summed E-state index contributed by atoms with van der Waals surface area (Å²) in [4.78, 5) is 13.7. The number of nitrogens with two attached hydrogens (primary N) is 1. The van der Waals surface area contributed by atoms with Crippen molar-refractivity contribution in [2.24, 2.45) is 11.7 Å². The molecule has 0 spiro atoms. The lowest BCUT2D eigenvalue weighted by Crippen LogP contribution is -2.44. The highest BCUT2D eigenvalue weighted by atomic mass is 32.1. The summed E-state index contributed by atoms with van der Waals surface area (Å²) in [6, 6.07) is 11.6. The van der Waals surface area contributed by atoms with Crippen LogP contribution in [0.1, 0.15) is 40.9 Å². The van der Waals surface area contributed by atoms with Crippen LogP contribution in [0.5, 0.6) is 5.75 Å². The second-order valence-corrected chi connectivity index (χ2v) is 7.29. The van der Waals surface area contributed by atoms with E-state index in [0.29, 0.717) is 24.6 Å². The molecule has 2 aromatic rings. The van der Waals surface area contributed by atoms with Crippen LogP contribution in [-0.2, 0) is 6.61 Å². The third-order valence-electron chi connectivity index (χ3n) is 4.59. The molecule has 24 heavy (non-hydrogen) atoms. The first kappa shape index (κ1) is 17.0. The quantitative estimate of drug-likeness (QED) is 0.842. The first-order chi connectivity index (χ1) is 11.8. The summed E-state index contributed by atoms with van der Waals surface area (Å²) in [6.07, 6.45) is 4.49. The third-order valence-corrected chi connectivity index (χ3v) is 5.44. The minimum absolute atomic E-state index is 0.0399. The van der Waals surface area contributed by atoms with Crippen LogP contribution in [0, 0.1) is 5.92 Å². The third kappa shape index (κ3) is 4.36. The zero-order chi connectivity index (χ0) is 16.8. The molecule has 1 aromatic heterocycles. The van der Waals surface area contributed by atoms with Crippen LogP contribution in [0.25, 0.3) is 0 Å². The Labute approximate surface area is 147 Å². The molecule has 1 saturated carbocycles. The molecule has 4 nitrogen and oxygen atoms in total. The zero-order valence-corrected chi connectivity index (χ0v) is 14.6. The standard InChI is InChI=1S/C19H24N2O2S/c20-12-15-5-1-2-9-18(15)21-19(22)14-6-3-7-16(11-14)23-13-17-8-4-10-24-17/h3-4,6-8,10-11,15,18H,1-2,5,9,12-13,20H2,(H,21,22). The number of benzene rings is 1. The minimum atomic E-state index is -0.0399. The van der Waals surface area contributed by atoms with Crippen LogP contribution in [0.3, 0.4) is 0 Å². The Morgan fingerprint density at radius 2 is 2.12 bits per heavy atom. The highest BCUT2D eigenvalue weighted by Gasteiger charge is 2.25. The Balaban J connectivity index is 1.61. The van der Waals surface area contributed by atoms with Crippen molar-refractivity contribution in [1.29, 1.82) is 0 Å². The molecule has 3 rings (SSSR count). The number of amides is 1.